The molecule has 1 amide bonds. The zero-order valence-electron chi connectivity index (χ0n) is 9.40. The van der Waals surface area contributed by atoms with Crippen molar-refractivity contribution in [2.45, 2.75) is 19.3 Å². The maximum atomic E-state index is 12.1. The Kier molecular flexibility index (Phi) is 2.15. The molecule has 0 aromatic heterocycles. The summed E-state index contributed by atoms with van der Waals surface area (Å²) in [5.74, 6) is -0.451. The van der Waals surface area contributed by atoms with Gasteiger partial charge in [-0.25, -0.2) is 0 Å². The van der Waals surface area contributed by atoms with Crippen molar-refractivity contribution in [1.82, 2.24) is 0 Å². The molecule has 0 atom stereocenters. The Morgan fingerprint density at radius 3 is 2.35 bits per heavy atom. The summed E-state index contributed by atoms with van der Waals surface area (Å²) >= 11 is 0. The second-order valence-electron chi connectivity index (χ2n) is 4.66. The Balaban J connectivity index is 2.21. The van der Waals surface area contributed by atoms with E-state index in [-0.39, 0.29) is 11.4 Å². The molecule has 1 saturated carbocycles. The number of amides is 1. The van der Waals surface area contributed by atoms with Crippen LogP contribution < -0.4 is 5.73 Å². The molecule has 3 rings (SSSR count). The molecule has 1 aromatic carbocycles. The van der Waals surface area contributed by atoms with Crippen LogP contribution in [0.4, 0.5) is 0 Å². The Morgan fingerprint density at radius 1 is 1.18 bits per heavy atom. The van der Waals surface area contributed by atoms with E-state index in [1.165, 1.54) is 0 Å². The minimum Gasteiger partial charge on any atom is -0.365 e. The van der Waals surface area contributed by atoms with E-state index in [4.69, 9.17) is 5.73 Å². The molecule has 2 aliphatic rings. The first-order chi connectivity index (χ1) is 8.20. The largest absolute Gasteiger partial charge is 0.365 e. The van der Waals surface area contributed by atoms with Crippen LogP contribution >= 0.6 is 0 Å². The third-order valence-electron chi connectivity index (χ3n) is 3.72. The van der Waals surface area contributed by atoms with Crippen LogP contribution in [-0.4, -0.2) is 11.7 Å². The lowest BCUT2D eigenvalue weighted by Crippen LogP contribution is -2.22. The van der Waals surface area contributed by atoms with Crippen molar-refractivity contribution in [1.29, 1.82) is 0 Å². The SMILES string of the molecule is NC(=O)C1=C(C2CCC2)c2ccccc2C1=O. The molecule has 0 radical (unpaired) electrons. The predicted octanol–water partition coefficient (Wildman–Crippen LogP) is 1.92. The van der Waals surface area contributed by atoms with Gasteiger partial charge in [-0.3, -0.25) is 9.59 Å². The predicted molar refractivity (Wildman–Crippen MR) is 64.2 cm³/mol. The minimum atomic E-state index is -0.590. The van der Waals surface area contributed by atoms with Crippen molar-refractivity contribution in [3.05, 3.63) is 41.0 Å². The molecular formula is C14H13NO2. The Labute approximate surface area is 99.3 Å². The number of primary amides is 1. The van der Waals surface area contributed by atoms with E-state index >= 15 is 0 Å². The monoisotopic (exact) mass is 227 g/mol. The lowest BCUT2D eigenvalue weighted by molar-refractivity contribution is -0.114. The average Bonchev–Trinajstić information content (AvgIpc) is 2.51. The van der Waals surface area contributed by atoms with Crippen LogP contribution in [0.1, 0.15) is 35.2 Å². The van der Waals surface area contributed by atoms with Crippen LogP contribution in [0.3, 0.4) is 0 Å². The van der Waals surface area contributed by atoms with Crippen molar-refractivity contribution >= 4 is 17.3 Å². The van der Waals surface area contributed by atoms with Gasteiger partial charge in [-0.2, -0.15) is 0 Å². The molecule has 0 spiro atoms. The van der Waals surface area contributed by atoms with E-state index in [1.54, 1.807) is 6.07 Å². The first-order valence-corrected chi connectivity index (χ1v) is 5.88. The highest BCUT2D eigenvalue weighted by Gasteiger charge is 2.37. The van der Waals surface area contributed by atoms with Crippen molar-refractivity contribution in [3.8, 4) is 0 Å². The van der Waals surface area contributed by atoms with Crippen LogP contribution in [0.5, 0.6) is 0 Å². The van der Waals surface area contributed by atoms with Gasteiger partial charge in [0.05, 0.1) is 5.57 Å². The number of benzene rings is 1. The molecule has 3 heteroatoms. The average molecular weight is 227 g/mol. The molecule has 1 aromatic rings. The zero-order valence-corrected chi connectivity index (χ0v) is 9.40. The lowest BCUT2D eigenvalue weighted by atomic mass is 9.76. The Hall–Kier alpha value is -1.90. The standard InChI is InChI=1S/C14H13NO2/c15-14(17)12-11(8-4-3-5-8)9-6-1-2-7-10(9)13(12)16/h1-2,6-8H,3-5H2,(H2,15,17). The molecule has 0 aliphatic heterocycles. The first-order valence-electron chi connectivity index (χ1n) is 5.88. The highest BCUT2D eigenvalue weighted by atomic mass is 16.2. The van der Waals surface area contributed by atoms with Gasteiger partial charge in [0.25, 0.3) is 5.91 Å². The number of carbonyl (C=O) groups is 2. The topological polar surface area (TPSA) is 60.2 Å². The smallest absolute Gasteiger partial charge is 0.253 e. The molecule has 2 N–H and O–H groups in total. The summed E-state index contributed by atoms with van der Waals surface area (Å²) in [6.45, 7) is 0. The number of nitrogens with two attached hydrogens (primary N) is 1. The molecule has 86 valence electrons. The fourth-order valence-corrected chi connectivity index (χ4v) is 2.67. The van der Waals surface area contributed by atoms with E-state index in [2.05, 4.69) is 0 Å². The van der Waals surface area contributed by atoms with Gasteiger partial charge in [0, 0.05) is 5.56 Å². The lowest BCUT2D eigenvalue weighted by Gasteiger charge is -2.27. The van der Waals surface area contributed by atoms with E-state index in [9.17, 15) is 9.59 Å². The summed E-state index contributed by atoms with van der Waals surface area (Å²) in [6.07, 6.45) is 3.26. The van der Waals surface area contributed by atoms with Gasteiger partial charge in [0.2, 0.25) is 0 Å². The fourth-order valence-electron chi connectivity index (χ4n) is 2.67. The van der Waals surface area contributed by atoms with Crippen molar-refractivity contribution in [2.75, 3.05) is 0 Å². The summed E-state index contributed by atoms with van der Waals surface area (Å²) in [5.41, 5.74) is 8.01. The summed E-state index contributed by atoms with van der Waals surface area (Å²) in [5, 5.41) is 0. The number of rotatable bonds is 2. The van der Waals surface area contributed by atoms with Crippen LogP contribution in [-0.2, 0) is 4.79 Å². The number of allylic oxidation sites excluding steroid dienone is 1. The maximum absolute atomic E-state index is 12.1. The van der Waals surface area contributed by atoms with E-state index < -0.39 is 5.91 Å². The summed E-state index contributed by atoms with van der Waals surface area (Å²) in [4.78, 5) is 23.6. The van der Waals surface area contributed by atoms with Gasteiger partial charge < -0.3 is 5.73 Å². The number of fused-ring (bicyclic) bond motifs is 1. The molecule has 1 fully saturated rings. The number of ketones is 1. The van der Waals surface area contributed by atoms with Gasteiger partial charge >= 0.3 is 0 Å². The van der Waals surface area contributed by atoms with Gasteiger partial charge in [-0.05, 0) is 29.9 Å². The van der Waals surface area contributed by atoms with E-state index in [0.717, 1.165) is 30.4 Å². The summed E-state index contributed by atoms with van der Waals surface area (Å²) in [7, 11) is 0. The number of hydrogen-bond acceptors (Lipinski definition) is 2. The number of carbonyl (C=O) groups excluding carboxylic acids is 2. The second-order valence-corrected chi connectivity index (χ2v) is 4.66. The molecule has 3 nitrogen and oxygen atoms in total. The highest BCUT2D eigenvalue weighted by Crippen LogP contribution is 2.45. The zero-order chi connectivity index (χ0) is 12.0. The van der Waals surface area contributed by atoms with Gasteiger partial charge in [0.1, 0.15) is 0 Å². The van der Waals surface area contributed by atoms with Gasteiger partial charge in [-0.1, -0.05) is 30.7 Å². The highest BCUT2D eigenvalue weighted by molar-refractivity contribution is 6.34. The third kappa shape index (κ3) is 1.35. The third-order valence-corrected chi connectivity index (χ3v) is 3.72. The normalized spacial score (nSPS) is 19.2. The molecule has 17 heavy (non-hydrogen) atoms. The summed E-state index contributed by atoms with van der Waals surface area (Å²) in [6, 6.07) is 7.40. The summed E-state index contributed by atoms with van der Waals surface area (Å²) < 4.78 is 0. The quantitative estimate of drug-likeness (QED) is 0.785. The van der Waals surface area contributed by atoms with Crippen LogP contribution in [0.2, 0.25) is 0 Å². The first kappa shape index (κ1) is 10.3. The molecular weight excluding hydrogens is 214 g/mol. The fraction of sp³-hybridized carbons (Fsp3) is 0.286. The van der Waals surface area contributed by atoms with Gasteiger partial charge in [-0.15, -0.1) is 0 Å². The Morgan fingerprint density at radius 2 is 1.82 bits per heavy atom. The van der Waals surface area contributed by atoms with Crippen molar-refractivity contribution < 1.29 is 9.59 Å². The van der Waals surface area contributed by atoms with Crippen LogP contribution in [0.15, 0.2) is 29.8 Å². The van der Waals surface area contributed by atoms with Crippen LogP contribution in [0, 0.1) is 5.92 Å². The van der Waals surface area contributed by atoms with Crippen molar-refractivity contribution in [3.63, 3.8) is 0 Å². The molecule has 0 unspecified atom stereocenters. The van der Waals surface area contributed by atoms with E-state index in [0.29, 0.717) is 11.5 Å². The van der Waals surface area contributed by atoms with Gasteiger partial charge in [0.15, 0.2) is 5.78 Å². The number of Topliss-reactive ketones (excluding diaryl/α,β-unsaturated/α-hetero) is 1. The molecule has 0 saturated heterocycles. The molecule has 2 aliphatic carbocycles. The minimum absolute atomic E-state index is 0.199. The number of hydrogen-bond donors (Lipinski definition) is 1. The van der Waals surface area contributed by atoms with E-state index in [1.807, 2.05) is 18.2 Å². The Bertz CT molecular complexity index is 553. The van der Waals surface area contributed by atoms with Crippen LogP contribution in [0.25, 0.3) is 5.57 Å². The molecule has 0 bridgehead atoms. The van der Waals surface area contributed by atoms with Crippen molar-refractivity contribution in [2.24, 2.45) is 11.7 Å². The molecule has 0 heterocycles. The maximum Gasteiger partial charge on any atom is 0.253 e. The second kappa shape index (κ2) is 3.55.